The van der Waals surface area contributed by atoms with Crippen LogP contribution in [0.15, 0.2) is 30.3 Å². The molecule has 0 saturated carbocycles. The average Bonchev–Trinajstić information content (AvgIpc) is 2.89. The summed E-state index contributed by atoms with van der Waals surface area (Å²) in [7, 11) is 0. The molecule has 0 atom stereocenters. The molecule has 2 heterocycles. The summed E-state index contributed by atoms with van der Waals surface area (Å²) in [6.07, 6.45) is 0.903. The van der Waals surface area contributed by atoms with E-state index in [1.54, 1.807) is 0 Å². The molecule has 3 aromatic rings. The number of carbonyl (C=O) groups is 1. The zero-order valence-electron chi connectivity index (χ0n) is 14.6. The Labute approximate surface area is 141 Å². The maximum Gasteiger partial charge on any atom is 0.252 e. The molecule has 24 heavy (non-hydrogen) atoms. The molecule has 5 heteroatoms. The molecule has 1 aromatic carbocycles. The van der Waals surface area contributed by atoms with Crippen molar-refractivity contribution in [3.8, 4) is 5.69 Å². The highest BCUT2D eigenvalue weighted by atomic mass is 16.1. The lowest BCUT2D eigenvalue weighted by atomic mass is 10.1. The van der Waals surface area contributed by atoms with Crippen molar-refractivity contribution >= 4 is 16.9 Å². The minimum absolute atomic E-state index is 0.0705. The first-order valence-corrected chi connectivity index (χ1v) is 8.23. The second-order valence-corrected chi connectivity index (χ2v) is 6.10. The van der Waals surface area contributed by atoms with Gasteiger partial charge in [-0.3, -0.25) is 4.79 Å². The van der Waals surface area contributed by atoms with Crippen molar-refractivity contribution in [2.75, 3.05) is 6.54 Å². The highest BCUT2D eigenvalue weighted by Crippen LogP contribution is 2.25. The number of rotatable bonds is 4. The Balaban J connectivity index is 2.19. The van der Waals surface area contributed by atoms with Gasteiger partial charge in [0, 0.05) is 12.2 Å². The molecule has 3 rings (SSSR count). The molecule has 2 aromatic heterocycles. The molecule has 0 radical (unpaired) electrons. The second-order valence-electron chi connectivity index (χ2n) is 6.10. The fourth-order valence-electron chi connectivity index (χ4n) is 2.79. The molecule has 0 spiro atoms. The van der Waals surface area contributed by atoms with Gasteiger partial charge in [-0.25, -0.2) is 9.67 Å². The first-order chi connectivity index (χ1) is 11.5. The summed E-state index contributed by atoms with van der Waals surface area (Å²) in [5, 5.41) is 8.39. The minimum Gasteiger partial charge on any atom is -0.352 e. The van der Waals surface area contributed by atoms with Gasteiger partial charge in [-0.2, -0.15) is 5.10 Å². The average molecular weight is 322 g/mol. The number of amides is 1. The molecule has 0 aliphatic carbocycles. The lowest BCUT2D eigenvalue weighted by Gasteiger charge is -2.08. The topological polar surface area (TPSA) is 59.8 Å². The summed E-state index contributed by atoms with van der Waals surface area (Å²) in [5.74, 6) is -0.0705. The first-order valence-electron chi connectivity index (χ1n) is 8.23. The number of aromatic nitrogens is 3. The molecule has 5 nitrogen and oxygen atoms in total. The molecule has 0 aliphatic heterocycles. The number of hydrogen-bond donors (Lipinski definition) is 1. The number of pyridine rings is 1. The van der Waals surface area contributed by atoms with Crippen LogP contribution in [-0.2, 0) is 0 Å². The summed E-state index contributed by atoms with van der Waals surface area (Å²) in [6, 6.07) is 9.96. The van der Waals surface area contributed by atoms with E-state index in [0.717, 1.165) is 34.5 Å². The van der Waals surface area contributed by atoms with Crippen molar-refractivity contribution in [3.05, 3.63) is 52.8 Å². The summed E-state index contributed by atoms with van der Waals surface area (Å²) < 4.78 is 1.81. The maximum absolute atomic E-state index is 12.5. The fraction of sp³-hybridized carbons (Fsp3) is 0.316. The van der Waals surface area contributed by atoms with E-state index in [1.165, 1.54) is 5.56 Å². The van der Waals surface area contributed by atoms with Crippen molar-refractivity contribution in [3.63, 3.8) is 0 Å². The number of carbonyl (C=O) groups excluding carboxylic acids is 1. The third kappa shape index (κ3) is 2.89. The fourth-order valence-corrected chi connectivity index (χ4v) is 2.79. The van der Waals surface area contributed by atoms with Gasteiger partial charge in [0.15, 0.2) is 5.65 Å². The quantitative estimate of drug-likeness (QED) is 0.800. The summed E-state index contributed by atoms with van der Waals surface area (Å²) in [6.45, 7) is 8.56. The van der Waals surface area contributed by atoms with E-state index in [2.05, 4.69) is 22.3 Å². The summed E-state index contributed by atoms with van der Waals surface area (Å²) in [5.41, 5.74) is 5.10. The van der Waals surface area contributed by atoms with Crippen molar-refractivity contribution < 1.29 is 4.79 Å². The van der Waals surface area contributed by atoms with Gasteiger partial charge >= 0.3 is 0 Å². The van der Waals surface area contributed by atoms with E-state index < -0.39 is 0 Å². The number of hydrogen-bond acceptors (Lipinski definition) is 3. The van der Waals surface area contributed by atoms with Crippen LogP contribution in [0.1, 0.15) is 40.7 Å². The Morgan fingerprint density at radius 3 is 2.54 bits per heavy atom. The minimum atomic E-state index is -0.0705. The van der Waals surface area contributed by atoms with Crippen molar-refractivity contribution in [2.45, 2.75) is 34.1 Å². The van der Waals surface area contributed by atoms with Gasteiger partial charge < -0.3 is 5.32 Å². The van der Waals surface area contributed by atoms with Crippen LogP contribution in [0.2, 0.25) is 0 Å². The van der Waals surface area contributed by atoms with Crippen LogP contribution in [-0.4, -0.2) is 27.2 Å². The first kappa shape index (κ1) is 16.2. The Kier molecular flexibility index (Phi) is 4.34. The summed E-state index contributed by atoms with van der Waals surface area (Å²) >= 11 is 0. The molecule has 124 valence electrons. The third-order valence-corrected chi connectivity index (χ3v) is 4.00. The lowest BCUT2D eigenvalue weighted by Crippen LogP contribution is -2.24. The monoisotopic (exact) mass is 322 g/mol. The van der Waals surface area contributed by atoms with Gasteiger partial charge in [0.05, 0.1) is 22.3 Å². The predicted molar refractivity (Wildman–Crippen MR) is 95.7 cm³/mol. The Morgan fingerprint density at radius 2 is 1.88 bits per heavy atom. The Hall–Kier alpha value is -2.69. The molecular formula is C19H22N4O. The van der Waals surface area contributed by atoms with E-state index in [9.17, 15) is 4.79 Å². The highest BCUT2D eigenvalue weighted by molar-refractivity contribution is 6.06. The molecule has 0 fully saturated rings. The van der Waals surface area contributed by atoms with E-state index >= 15 is 0 Å². The number of benzene rings is 1. The van der Waals surface area contributed by atoms with Gasteiger partial charge in [-0.1, -0.05) is 24.6 Å². The van der Waals surface area contributed by atoms with Crippen LogP contribution in [0.4, 0.5) is 0 Å². The van der Waals surface area contributed by atoms with E-state index in [-0.39, 0.29) is 5.91 Å². The standard InChI is InChI=1S/C19H22N4O/c1-5-10-20-19(24)16-11-13(3)21-18-17(16)14(4)22-23(18)15-8-6-12(2)7-9-15/h6-9,11H,5,10H2,1-4H3,(H,20,24). The number of aryl methyl sites for hydroxylation is 3. The zero-order valence-corrected chi connectivity index (χ0v) is 14.6. The highest BCUT2D eigenvalue weighted by Gasteiger charge is 2.19. The van der Waals surface area contributed by atoms with Crippen LogP contribution >= 0.6 is 0 Å². The lowest BCUT2D eigenvalue weighted by molar-refractivity contribution is 0.0955. The molecule has 0 aliphatic rings. The van der Waals surface area contributed by atoms with Crippen molar-refractivity contribution in [2.24, 2.45) is 0 Å². The normalized spacial score (nSPS) is 11.0. The molecule has 0 unspecified atom stereocenters. The largest absolute Gasteiger partial charge is 0.352 e. The molecule has 0 saturated heterocycles. The van der Waals surface area contributed by atoms with E-state index in [1.807, 2.05) is 55.8 Å². The second kappa shape index (κ2) is 6.43. The molecular weight excluding hydrogens is 300 g/mol. The van der Waals surface area contributed by atoms with E-state index in [0.29, 0.717) is 12.1 Å². The van der Waals surface area contributed by atoms with Crippen LogP contribution in [0.3, 0.4) is 0 Å². The number of fused-ring (bicyclic) bond motifs is 1. The van der Waals surface area contributed by atoms with Gasteiger partial charge in [-0.05, 0) is 45.4 Å². The van der Waals surface area contributed by atoms with E-state index in [4.69, 9.17) is 0 Å². The Bertz CT molecular complexity index is 894. The third-order valence-electron chi connectivity index (χ3n) is 4.00. The number of nitrogens with one attached hydrogen (secondary N) is 1. The molecule has 1 N–H and O–H groups in total. The van der Waals surface area contributed by atoms with Crippen LogP contribution in [0.5, 0.6) is 0 Å². The van der Waals surface area contributed by atoms with Crippen LogP contribution in [0, 0.1) is 20.8 Å². The smallest absolute Gasteiger partial charge is 0.252 e. The van der Waals surface area contributed by atoms with Crippen molar-refractivity contribution in [1.29, 1.82) is 0 Å². The zero-order chi connectivity index (χ0) is 17.3. The summed E-state index contributed by atoms with van der Waals surface area (Å²) in [4.78, 5) is 17.2. The SMILES string of the molecule is CCCNC(=O)c1cc(C)nc2c1c(C)nn2-c1ccc(C)cc1. The predicted octanol–water partition coefficient (Wildman–Crippen LogP) is 3.49. The molecule has 1 amide bonds. The van der Waals surface area contributed by atoms with Gasteiger partial charge in [0.2, 0.25) is 0 Å². The van der Waals surface area contributed by atoms with Gasteiger partial charge in [0.1, 0.15) is 0 Å². The molecule has 0 bridgehead atoms. The van der Waals surface area contributed by atoms with Crippen molar-refractivity contribution in [1.82, 2.24) is 20.1 Å². The van der Waals surface area contributed by atoms with Crippen LogP contribution < -0.4 is 5.32 Å². The maximum atomic E-state index is 12.5. The van der Waals surface area contributed by atoms with Crippen LogP contribution in [0.25, 0.3) is 16.7 Å². The van der Waals surface area contributed by atoms with Gasteiger partial charge in [0.25, 0.3) is 5.91 Å². The Morgan fingerprint density at radius 1 is 1.17 bits per heavy atom. The number of nitrogens with zero attached hydrogens (tertiary/aromatic N) is 3. The van der Waals surface area contributed by atoms with Gasteiger partial charge in [-0.15, -0.1) is 0 Å².